The highest BCUT2D eigenvalue weighted by molar-refractivity contribution is 5.80. The number of rotatable bonds is 2. The SMILES string of the molecule is C#C/C(C)=C1\Cc2cc([N+](=O)[O-])ccc2C(C)(C)c2ccc([N+](=O)[O-])cc21. The predicted octanol–water partition coefficient (Wildman–Crippen LogP) is 4.79. The van der Waals surface area contributed by atoms with Crippen molar-refractivity contribution in [1.82, 2.24) is 0 Å². The van der Waals surface area contributed by atoms with Gasteiger partial charge in [-0.3, -0.25) is 20.2 Å². The molecule has 0 saturated heterocycles. The van der Waals surface area contributed by atoms with Crippen molar-refractivity contribution in [2.75, 3.05) is 0 Å². The standard InChI is InChI=1S/C21H18N2O4/c1-5-13(2)17-11-14-10-15(22(24)25)6-8-19(14)21(3,4)20-9-7-16(23(26)27)12-18(17)20/h1,6-10,12H,11H2,2-4H3/b17-13+. The Bertz CT molecular complexity index is 1060. The molecule has 0 saturated carbocycles. The fourth-order valence-electron chi connectivity index (χ4n) is 3.74. The predicted molar refractivity (Wildman–Crippen MR) is 103 cm³/mol. The van der Waals surface area contributed by atoms with Crippen LogP contribution in [-0.2, 0) is 11.8 Å². The van der Waals surface area contributed by atoms with E-state index in [9.17, 15) is 20.2 Å². The molecule has 0 heterocycles. The first-order chi connectivity index (χ1) is 12.7. The van der Waals surface area contributed by atoms with Crippen LogP contribution in [0.1, 0.15) is 43.0 Å². The van der Waals surface area contributed by atoms with Crippen LogP contribution in [0.15, 0.2) is 42.0 Å². The highest BCUT2D eigenvalue weighted by Gasteiger charge is 2.34. The normalized spacial score (nSPS) is 16.4. The van der Waals surface area contributed by atoms with E-state index in [2.05, 4.69) is 5.92 Å². The summed E-state index contributed by atoms with van der Waals surface area (Å²) in [4.78, 5) is 21.7. The van der Waals surface area contributed by atoms with Gasteiger partial charge >= 0.3 is 0 Å². The molecule has 0 atom stereocenters. The molecule has 6 nitrogen and oxygen atoms in total. The molecule has 0 aliphatic heterocycles. The molecule has 0 bridgehead atoms. The van der Waals surface area contributed by atoms with Crippen molar-refractivity contribution in [2.24, 2.45) is 0 Å². The second kappa shape index (κ2) is 6.36. The summed E-state index contributed by atoms with van der Waals surface area (Å²) >= 11 is 0. The summed E-state index contributed by atoms with van der Waals surface area (Å²) in [5, 5.41) is 22.5. The van der Waals surface area contributed by atoms with Crippen molar-refractivity contribution in [3.05, 3.63) is 84.5 Å². The van der Waals surface area contributed by atoms with Crippen molar-refractivity contribution in [3.8, 4) is 12.3 Å². The first-order valence-corrected chi connectivity index (χ1v) is 8.40. The number of hydrogen-bond donors (Lipinski definition) is 0. The van der Waals surface area contributed by atoms with Gasteiger partial charge in [0.05, 0.1) is 9.85 Å². The van der Waals surface area contributed by atoms with Gasteiger partial charge in [0.2, 0.25) is 0 Å². The van der Waals surface area contributed by atoms with Gasteiger partial charge in [0.1, 0.15) is 0 Å². The third-order valence-electron chi connectivity index (χ3n) is 5.22. The summed E-state index contributed by atoms with van der Waals surface area (Å²) in [5.41, 5.74) is 4.33. The highest BCUT2D eigenvalue weighted by Crippen LogP contribution is 2.45. The Kier molecular flexibility index (Phi) is 4.32. The first kappa shape index (κ1) is 18.3. The number of nitro groups is 2. The summed E-state index contributed by atoms with van der Waals surface area (Å²) in [5.74, 6) is 2.62. The topological polar surface area (TPSA) is 86.3 Å². The molecule has 1 aliphatic carbocycles. The average Bonchev–Trinajstić information content (AvgIpc) is 2.73. The van der Waals surface area contributed by atoms with E-state index in [4.69, 9.17) is 6.42 Å². The zero-order valence-corrected chi connectivity index (χ0v) is 15.3. The Labute approximate surface area is 156 Å². The summed E-state index contributed by atoms with van der Waals surface area (Å²) in [6.45, 7) is 5.81. The number of nitrogens with zero attached hydrogens (tertiary/aromatic N) is 2. The van der Waals surface area contributed by atoms with Crippen LogP contribution in [0.3, 0.4) is 0 Å². The molecule has 3 rings (SSSR count). The van der Waals surface area contributed by atoms with E-state index in [1.165, 1.54) is 12.1 Å². The summed E-state index contributed by atoms with van der Waals surface area (Å²) in [6, 6.07) is 9.63. The van der Waals surface area contributed by atoms with E-state index in [-0.39, 0.29) is 11.4 Å². The monoisotopic (exact) mass is 362 g/mol. The minimum absolute atomic E-state index is 0.0104. The lowest BCUT2D eigenvalue weighted by Crippen LogP contribution is -2.20. The second-order valence-electron chi connectivity index (χ2n) is 7.14. The molecule has 0 radical (unpaired) electrons. The van der Waals surface area contributed by atoms with E-state index in [1.54, 1.807) is 31.2 Å². The van der Waals surface area contributed by atoms with Gasteiger partial charge in [0.25, 0.3) is 11.4 Å². The number of non-ortho nitro benzene ring substituents is 2. The van der Waals surface area contributed by atoms with E-state index >= 15 is 0 Å². The molecule has 0 aromatic heterocycles. The first-order valence-electron chi connectivity index (χ1n) is 8.40. The molecule has 2 aromatic rings. The lowest BCUT2D eigenvalue weighted by molar-refractivity contribution is -0.385. The zero-order chi connectivity index (χ0) is 19.9. The Morgan fingerprint density at radius 3 is 2.15 bits per heavy atom. The van der Waals surface area contributed by atoms with Gasteiger partial charge in [-0.25, -0.2) is 0 Å². The van der Waals surface area contributed by atoms with Crippen molar-refractivity contribution >= 4 is 16.9 Å². The van der Waals surface area contributed by atoms with Crippen LogP contribution in [0.2, 0.25) is 0 Å². The van der Waals surface area contributed by atoms with Crippen LogP contribution >= 0.6 is 0 Å². The average molecular weight is 362 g/mol. The van der Waals surface area contributed by atoms with Crippen molar-refractivity contribution in [2.45, 2.75) is 32.6 Å². The number of fused-ring (bicyclic) bond motifs is 2. The Hall–Kier alpha value is -3.46. The third kappa shape index (κ3) is 2.97. The molecule has 0 amide bonds. The van der Waals surface area contributed by atoms with E-state index in [0.717, 1.165) is 27.8 Å². The molecule has 0 fully saturated rings. The van der Waals surface area contributed by atoms with Gasteiger partial charge in [-0.1, -0.05) is 31.9 Å². The minimum atomic E-state index is -0.494. The molecular formula is C21H18N2O4. The molecule has 27 heavy (non-hydrogen) atoms. The summed E-state index contributed by atoms with van der Waals surface area (Å²) in [6.07, 6.45) is 6.00. The minimum Gasteiger partial charge on any atom is -0.258 e. The molecular weight excluding hydrogens is 344 g/mol. The van der Waals surface area contributed by atoms with E-state index in [1.807, 2.05) is 13.8 Å². The van der Waals surface area contributed by atoms with Gasteiger partial charge in [0.15, 0.2) is 0 Å². The maximum Gasteiger partial charge on any atom is 0.270 e. The third-order valence-corrected chi connectivity index (χ3v) is 5.22. The van der Waals surface area contributed by atoms with Crippen molar-refractivity contribution < 1.29 is 9.85 Å². The van der Waals surface area contributed by atoms with E-state index in [0.29, 0.717) is 12.0 Å². The summed E-state index contributed by atoms with van der Waals surface area (Å²) < 4.78 is 0. The van der Waals surface area contributed by atoms with Crippen molar-refractivity contribution in [1.29, 1.82) is 0 Å². The number of benzene rings is 2. The lowest BCUT2D eigenvalue weighted by Gasteiger charge is -2.28. The van der Waals surface area contributed by atoms with Crippen LogP contribution in [-0.4, -0.2) is 9.85 Å². The van der Waals surface area contributed by atoms with Gasteiger partial charge < -0.3 is 0 Å². The fourth-order valence-corrected chi connectivity index (χ4v) is 3.74. The molecule has 1 aliphatic rings. The van der Waals surface area contributed by atoms with Gasteiger partial charge in [0, 0.05) is 35.3 Å². The van der Waals surface area contributed by atoms with Crippen LogP contribution in [0.5, 0.6) is 0 Å². The number of hydrogen-bond acceptors (Lipinski definition) is 4. The van der Waals surface area contributed by atoms with Crippen LogP contribution in [0.4, 0.5) is 11.4 Å². The molecule has 0 N–H and O–H groups in total. The summed E-state index contributed by atoms with van der Waals surface area (Å²) in [7, 11) is 0. The Morgan fingerprint density at radius 2 is 1.59 bits per heavy atom. The number of terminal acetylenes is 1. The Morgan fingerprint density at radius 1 is 1.04 bits per heavy atom. The van der Waals surface area contributed by atoms with Gasteiger partial charge in [-0.05, 0) is 41.2 Å². The second-order valence-corrected chi connectivity index (χ2v) is 7.14. The lowest BCUT2D eigenvalue weighted by atomic mass is 9.75. The van der Waals surface area contributed by atoms with Crippen LogP contribution in [0, 0.1) is 32.6 Å². The van der Waals surface area contributed by atoms with Gasteiger partial charge in [-0.15, -0.1) is 6.42 Å². The highest BCUT2D eigenvalue weighted by atomic mass is 16.6. The molecule has 6 heteroatoms. The molecule has 0 unspecified atom stereocenters. The fraction of sp³-hybridized carbons (Fsp3) is 0.238. The molecule has 0 spiro atoms. The molecule has 2 aromatic carbocycles. The van der Waals surface area contributed by atoms with E-state index < -0.39 is 15.3 Å². The van der Waals surface area contributed by atoms with Crippen molar-refractivity contribution in [3.63, 3.8) is 0 Å². The number of allylic oxidation sites excluding steroid dienone is 2. The maximum absolute atomic E-state index is 11.3. The van der Waals surface area contributed by atoms with Crippen LogP contribution in [0.25, 0.3) is 5.57 Å². The zero-order valence-electron chi connectivity index (χ0n) is 15.3. The number of nitro benzene ring substituents is 2. The smallest absolute Gasteiger partial charge is 0.258 e. The quantitative estimate of drug-likeness (QED) is 0.436. The largest absolute Gasteiger partial charge is 0.270 e. The van der Waals surface area contributed by atoms with Crippen LogP contribution < -0.4 is 0 Å². The van der Waals surface area contributed by atoms with Gasteiger partial charge in [-0.2, -0.15) is 0 Å². The Balaban J connectivity index is 2.39. The molecule has 136 valence electrons. The maximum atomic E-state index is 11.3.